The summed E-state index contributed by atoms with van der Waals surface area (Å²) in [4.78, 5) is 8.68. The molecule has 3 aromatic rings. The van der Waals surface area contributed by atoms with Gasteiger partial charge in [0, 0.05) is 12.6 Å². The van der Waals surface area contributed by atoms with Gasteiger partial charge in [-0.25, -0.2) is 22.7 Å². The summed E-state index contributed by atoms with van der Waals surface area (Å²) < 4.78 is 45.5. The van der Waals surface area contributed by atoms with E-state index in [9.17, 15) is 8.42 Å². The number of hydrogen-bond donors (Lipinski definition) is 1. The van der Waals surface area contributed by atoms with Crippen molar-refractivity contribution in [1.82, 2.24) is 9.97 Å². The Morgan fingerprint density at radius 1 is 1.11 bits per heavy atom. The van der Waals surface area contributed by atoms with E-state index in [1.807, 2.05) is 13.8 Å². The van der Waals surface area contributed by atoms with Crippen LogP contribution in [0.4, 0.5) is 5.82 Å². The van der Waals surface area contributed by atoms with E-state index in [-0.39, 0.29) is 59.5 Å². The first-order valence-electron chi connectivity index (χ1n) is 10.9. The van der Waals surface area contributed by atoms with Gasteiger partial charge in [0.1, 0.15) is 23.5 Å². The van der Waals surface area contributed by atoms with Crippen molar-refractivity contribution in [3.63, 3.8) is 0 Å². The standard InChI is InChI=1S/C24H28ClN3O6S/c1-17(2)14-28(35(30,31)19-7-5-4-6-8-19)24-23(21(26-16-27-24)15-33-12-11-29)34-22-13-18(32-3)9-10-20(22)25/h4-10,13,16-17,29H,11-12,14-15H2,1-3H3. The summed E-state index contributed by atoms with van der Waals surface area (Å²) in [7, 11) is -2.50. The smallest absolute Gasteiger partial charge is 0.265 e. The first kappa shape index (κ1) is 26.7. The molecule has 0 saturated carbocycles. The van der Waals surface area contributed by atoms with E-state index in [0.29, 0.717) is 11.4 Å². The van der Waals surface area contributed by atoms with E-state index in [2.05, 4.69) is 9.97 Å². The van der Waals surface area contributed by atoms with Crippen molar-refractivity contribution in [2.75, 3.05) is 31.2 Å². The molecular formula is C24H28ClN3O6S. The molecule has 0 bridgehead atoms. The van der Waals surface area contributed by atoms with E-state index < -0.39 is 10.0 Å². The molecule has 0 amide bonds. The third-order valence-corrected chi connectivity index (χ3v) is 6.86. The van der Waals surface area contributed by atoms with Crippen LogP contribution in [0, 0.1) is 5.92 Å². The molecule has 2 aromatic carbocycles. The number of aliphatic hydroxyl groups excluding tert-OH is 1. The normalized spacial score (nSPS) is 11.5. The largest absolute Gasteiger partial charge is 0.497 e. The Labute approximate surface area is 210 Å². The third-order valence-electron chi connectivity index (χ3n) is 4.78. The van der Waals surface area contributed by atoms with Crippen LogP contribution in [0.3, 0.4) is 0 Å². The fourth-order valence-corrected chi connectivity index (χ4v) is 4.93. The van der Waals surface area contributed by atoms with Crippen LogP contribution in [0.25, 0.3) is 0 Å². The number of aliphatic hydroxyl groups is 1. The maximum absolute atomic E-state index is 13.7. The predicted molar refractivity (Wildman–Crippen MR) is 133 cm³/mol. The zero-order valence-corrected chi connectivity index (χ0v) is 21.3. The number of aromatic nitrogens is 2. The molecule has 0 spiro atoms. The molecule has 0 radical (unpaired) electrons. The van der Waals surface area contributed by atoms with E-state index >= 15 is 0 Å². The summed E-state index contributed by atoms with van der Waals surface area (Å²) in [5, 5.41) is 9.39. The van der Waals surface area contributed by atoms with Gasteiger partial charge in [-0.05, 0) is 30.2 Å². The van der Waals surface area contributed by atoms with Crippen molar-refractivity contribution in [2.24, 2.45) is 5.92 Å². The van der Waals surface area contributed by atoms with Gasteiger partial charge in [0.05, 0.1) is 36.8 Å². The topological polar surface area (TPSA) is 111 Å². The maximum Gasteiger partial charge on any atom is 0.265 e. The molecule has 0 unspecified atom stereocenters. The van der Waals surface area contributed by atoms with Crippen LogP contribution >= 0.6 is 11.6 Å². The summed E-state index contributed by atoms with van der Waals surface area (Å²) in [6.07, 6.45) is 1.25. The Bertz CT molecular complexity index is 1230. The molecule has 0 aliphatic heterocycles. The average Bonchev–Trinajstić information content (AvgIpc) is 2.85. The molecule has 0 saturated heterocycles. The van der Waals surface area contributed by atoms with Crippen molar-refractivity contribution in [1.29, 1.82) is 0 Å². The van der Waals surface area contributed by atoms with Crippen molar-refractivity contribution in [3.05, 3.63) is 65.6 Å². The molecule has 35 heavy (non-hydrogen) atoms. The zero-order valence-electron chi connectivity index (χ0n) is 19.7. The highest BCUT2D eigenvalue weighted by molar-refractivity contribution is 7.92. The highest BCUT2D eigenvalue weighted by Gasteiger charge is 2.31. The van der Waals surface area contributed by atoms with Gasteiger partial charge in [-0.3, -0.25) is 0 Å². The summed E-state index contributed by atoms with van der Waals surface area (Å²) in [6.45, 7) is 3.77. The fourth-order valence-electron chi connectivity index (χ4n) is 3.17. The molecule has 0 aliphatic rings. The molecule has 0 aliphatic carbocycles. The van der Waals surface area contributed by atoms with Crippen LogP contribution < -0.4 is 13.8 Å². The number of benzene rings is 2. The van der Waals surface area contributed by atoms with Crippen LogP contribution in [-0.2, 0) is 21.4 Å². The van der Waals surface area contributed by atoms with Gasteiger partial charge in [-0.1, -0.05) is 43.6 Å². The second kappa shape index (κ2) is 12.2. The summed E-state index contributed by atoms with van der Waals surface area (Å²) in [5.74, 6) is 0.800. The second-order valence-electron chi connectivity index (χ2n) is 7.89. The Kier molecular flexibility index (Phi) is 9.27. The zero-order chi connectivity index (χ0) is 25.4. The number of ether oxygens (including phenoxy) is 3. The molecule has 188 valence electrons. The lowest BCUT2D eigenvalue weighted by Crippen LogP contribution is -2.35. The number of sulfonamides is 1. The molecular weight excluding hydrogens is 494 g/mol. The summed E-state index contributed by atoms with van der Waals surface area (Å²) in [5.41, 5.74) is 0.291. The average molecular weight is 522 g/mol. The lowest BCUT2D eigenvalue weighted by atomic mass is 10.2. The highest BCUT2D eigenvalue weighted by atomic mass is 35.5. The fraction of sp³-hybridized carbons (Fsp3) is 0.333. The molecule has 1 N–H and O–H groups in total. The van der Waals surface area contributed by atoms with E-state index in [4.69, 9.17) is 30.9 Å². The molecule has 1 aromatic heterocycles. The van der Waals surface area contributed by atoms with E-state index in [1.165, 1.54) is 29.9 Å². The minimum absolute atomic E-state index is 0.0363. The molecule has 0 atom stereocenters. The summed E-state index contributed by atoms with van der Waals surface area (Å²) >= 11 is 6.37. The minimum atomic E-state index is -4.00. The van der Waals surface area contributed by atoms with Gasteiger partial charge in [0.25, 0.3) is 10.0 Å². The lowest BCUT2D eigenvalue weighted by molar-refractivity contribution is 0.0786. The Balaban J connectivity index is 2.18. The molecule has 0 fully saturated rings. The number of methoxy groups -OCH3 is 1. The van der Waals surface area contributed by atoms with Gasteiger partial charge in [0.15, 0.2) is 11.6 Å². The monoisotopic (exact) mass is 521 g/mol. The first-order chi connectivity index (χ1) is 16.8. The lowest BCUT2D eigenvalue weighted by Gasteiger charge is -2.27. The Morgan fingerprint density at radius 3 is 2.51 bits per heavy atom. The first-order valence-corrected chi connectivity index (χ1v) is 12.7. The molecule has 3 rings (SSSR count). The van der Waals surface area contributed by atoms with Crippen molar-refractivity contribution >= 4 is 27.4 Å². The quantitative estimate of drug-likeness (QED) is 0.351. The minimum Gasteiger partial charge on any atom is -0.497 e. The van der Waals surface area contributed by atoms with E-state index in [1.54, 1.807) is 36.4 Å². The van der Waals surface area contributed by atoms with Crippen LogP contribution in [0.2, 0.25) is 5.02 Å². The van der Waals surface area contributed by atoms with Crippen LogP contribution in [0.15, 0.2) is 59.8 Å². The number of rotatable bonds is 12. The van der Waals surface area contributed by atoms with Gasteiger partial charge < -0.3 is 19.3 Å². The SMILES string of the molecule is COc1ccc(Cl)c(Oc2c(COCCO)ncnc2N(CC(C)C)S(=O)(=O)c2ccccc2)c1. The van der Waals surface area contributed by atoms with Gasteiger partial charge in [-0.15, -0.1) is 0 Å². The van der Waals surface area contributed by atoms with Crippen molar-refractivity contribution < 1.29 is 27.7 Å². The van der Waals surface area contributed by atoms with Gasteiger partial charge in [-0.2, -0.15) is 0 Å². The third kappa shape index (κ3) is 6.61. The number of anilines is 1. The molecule has 1 heterocycles. The van der Waals surface area contributed by atoms with Crippen LogP contribution in [0.5, 0.6) is 17.2 Å². The predicted octanol–water partition coefficient (Wildman–Crippen LogP) is 4.29. The Morgan fingerprint density at radius 2 is 1.86 bits per heavy atom. The number of nitrogens with zero attached hydrogens (tertiary/aromatic N) is 3. The Hall–Kier alpha value is -2.92. The van der Waals surface area contributed by atoms with E-state index in [0.717, 1.165) is 0 Å². The molecule has 11 heteroatoms. The highest BCUT2D eigenvalue weighted by Crippen LogP contribution is 2.40. The summed E-state index contributed by atoms with van der Waals surface area (Å²) in [6, 6.07) is 13.0. The second-order valence-corrected chi connectivity index (χ2v) is 10.2. The van der Waals surface area contributed by atoms with Gasteiger partial charge in [0.2, 0.25) is 0 Å². The number of halogens is 1. The van der Waals surface area contributed by atoms with Crippen molar-refractivity contribution in [3.8, 4) is 17.2 Å². The molecule has 9 nitrogen and oxygen atoms in total. The van der Waals surface area contributed by atoms with Crippen LogP contribution in [-0.4, -0.2) is 50.4 Å². The maximum atomic E-state index is 13.7. The van der Waals surface area contributed by atoms with Crippen molar-refractivity contribution in [2.45, 2.75) is 25.3 Å². The van der Waals surface area contributed by atoms with Crippen LogP contribution in [0.1, 0.15) is 19.5 Å². The van der Waals surface area contributed by atoms with Gasteiger partial charge >= 0.3 is 0 Å². The number of hydrogen-bond acceptors (Lipinski definition) is 8.